The minimum absolute atomic E-state index is 0.0803. The maximum Gasteiger partial charge on any atom is 0.416 e. The number of carbonyl (C=O) groups is 1. The van der Waals surface area contributed by atoms with Gasteiger partial charge in [0.25, 0.3) is 0 Å². The summed E-state index contributed by atoms with van der Waals surface area (Å²) < 4.78 is 39.8. The summed E-state index contributed by atoms with van der Waals surface area (Å²) in [4.78, 5) is 23.5. The highest BCUT2D eigenvalue weighted by atomic mass is 35.5. The molecule has 0 bridgehead atoms. The van der Waals surface area contributed by atoms with Crippen molar-refractivity contribution in [3.63, 3.8) is 0 Å². The summed E-state index contributed by atoms with van der Waals surface area (Å²) in [6.07, 6.45) is -1.52. The van der Waals surface area contributed by atoms with Crippen molar-refractivity contribution >= 4 is 34.2 Å². The van der Waals surface area contributed by atoms with Crippen LogP contribution in [0.15, 0.2) is 48.8 Å². The molecule has 1 fully saturated rings. The van der Waals surface area contributed by atoms with Crippen molar-refractivity contribution in [3.8, 4) is 0 Å². The number of piperidine rings is 1. The molecule has 2 aromatic carbocycles. The molecule has 2 heterocycles. The number of halogens is 4. The quantitative estimate of drug-likeness (QED) is 0.466. The molecule has 0 spiro atoms. The maximum atomic E-state index is 13.4. The fourth-order valence-electron chi connectivity index (χ4n) is 4.37. The van der Waals surface area contributed by atoms with Crippen LogP contribution in [0.25, 0.3) is 10.9 Å². The van der Waals surface area contributed by atoms with Crippen LogP contribution in [0.4, 0.5) is 19.0 Å². The lowest BCUT2D eigenvalue weighted by molar-refractivity contribution is -0.137. The number of nitrogens with one attached hydrogen (secondary N) is 1. The van der Waals surface area contributed by atoms with E-state index in [9.17, 15) is 18.0 Å². The summed E-state index contributed by atoms with van der Waals surface area (Å²) in [6.45, 7) is 5.03. The van der Waals surface area contributed by atoms with Crippen LogP contribution >= 0.6 is 11.6 Å². The highest BCUT2D eigenvalue weighted by Gasteiger charge is 2.33. The van der Waals surface area contributed by atoms with Gasteiger partial charge in [-0.15, -0.1) is 0 Å². The third-order valence-corrected chi connectivity index (χ3v) is 6.59. The average molecular weight is 491 g/mol. The molecule has 1 aliphatic rings. The molecule has 34 heavy (non-hydrogen) atoms. The predicted octanol–water partition coefficient (Wildman–Crippen LogP) is 6.14. The third kappa shape index (κ3) is 5.27. The number of amides is 1. The first-order chi connectivity index (χ1) is 16.1. The van der Waals surface area contributed by atoms with E-state index >= 15 is 0 Å². The van der Waals surface area contributed by atoms with Crippen LogP contribution < -0.4 is 5.32 Å². The summed E-state index contributed by atoms with van der Waals surface area (Å²) in [5.41, 5.74) is 0.807. The lowest BCUT2D eigenvalue weighted by Crippen LogP contribution is -2.48. The zero-order chi connectivity index (χ0) is 24.5. The Morgan fingerprint density at radius 1 is 1.09 bits per heavy atom. The Bertz CT molecular complexity index is 1160. The van der Waals surface area contributed by atoms with Crippen LogP contribution in [0.3, 0.4) is 0 Å². The Kier molecular flexibility index (Phi) is 6.98. The highest BCUT2D eigenvalue weighted by molar-refractivity contribution is 6.30. The van der Waals surface area contributed by atoms with Crippen molar-refractivity contribution in [2.45, 2.75) is 44.8 Å². The third-order valence-electron chi connectivity index (χ3n) is 6.34. The van der Waals surface area contributed by atoms with E-state index in [0.29, 0.717) is 29.5 Å². The van der Waals surface area contributed by atoms with Crippen LogP contribution in [-0.2, 0) is 11.0 Å². The Labute approximate surface area is 201 Å². The Morgan fingerprint density at radius 2 is 1.76 bits per heavy atom. The average Bonchev–Trinajstić information content (AvgIpc) is 2.81. The monoisotopic (exact) mass is 490 g/mol. The van der Waals surface area contributed by atoms with E-state index in [2.05, 4.69) is 15.3 Å². The molecule has 5 nitrogen and oxygen atoms in total. The Morgan fingerprint density at radius 3 is 2.38 bits per heavy atom. The molecule has 180 valence electrons. The van der Waals surface area contributed by atoms with Crippen molar-refractivity contribution in [1.82, 2.24) is 14.9 Å². The molecule has 0 saturated carbocycles. The van der Waals surface area contributed by atoms with E-state index in [-0.39, 0.29) is 23.0 Å². The van der Waals surface area contributed by atoms with E-state index in [1.54, 1.807) is 0 Å². The van der Waals surface area contributed by atoms with Gasteiger partial charge in [-0.3, -0.25) is 4.79 Å². The van der Waals surface area contributed by atoms with Gasteiger partial charge < -0.3 is 10.2 Å². The zero-order valence-electron chi connectivity index (χ0n) is 18.9. The summed E-state index contributed by atoms with van der Waals surface area (Å²) in [5, 5.41) is 4.05. The molecule has 1 amide bonds. The van der Waals surface area contributed by atoms with Crippen molar-refractivity contribution < 1.29 is 18.0 Å². The van der Waals surface area contributed by atoms with Crippen molar-refractivity contribution in [1.29, 1.82) is 0 Å². The van der Waals surface area contributed by atoms with Crippen molar-refractivity contribution in [3.05, 3.63) is 64.9 Å². The van der Waals surface area contributed by atoms with Crippen LogP contribution in [0.5, 0.6) is 0 Å². The molecule has 1 saturated heterocycles. The number of benzene rings is 2. The number of nitrogens with zero attached hydrogens (tertiary/aromatic N) is 3. The summed E-state index contributed by atoms with van der Waals surface area (Å²) in [6, 6.07) is 10.5. The Hall–Kier alpha value is -2.87. The van der Waals surface area contributed by atoms with Gasteiger partial charge in [0.1, 0.15) is 18.2 Å². The molecular formula is C25H26ClF3N4O. The second kappa shape index (κ2) is 9.78. The fraction of sp³-hybridized carbons (Fsp3) is 0.400. The van der Waals surface area contributed by atoms with Gasteiger partial charge >= 0.3 is 6.18 Å². The van der Waals surface area contributed by atoms with E-state index in [1.807, 2.05) is 43.0 Å². The smallest absolute Gasteiger partial charge is 0.358 e. The van der Waals surface area contributed by atoms with Crippen LogP contribution in [0.1, 0.15) is 43.7 Å². The normalized spacial score (nSPS) is 16.1. The minimum Gasteiger partial charge on any atom is -0.358 e. The topological polar surface area (TPSA) is 58.1 Å². The van der Waals surface area contributed by atoms with Gasteiger partial charge in [0.2, 0.25) is 5.91 Å². The molecular weight excluding hydrogens is 465 g/mol. The molecule has 1 aliphatic heterocycles. The molecule has 0 radical (unpaired) electrons. The lowest BCUT2D eigenvalue weighted by atomic mass is 9.89. The van der Waals surface area contributed by atoms with Gasteiger partial charge in [0.15, 0.2) is 0 Å². The van der Waals surface area contributed by atoms with E-state index in [1.165, 1.54) is 18.0 Å². The number of likely N-dealkylation sites (tertiary alicyclic amines) is 1. The number of rotatable bonds is 5. The van der Waals surface area contributed by atoms with Gasteiger partial charge in [-0.25, -0.2) is 9.97 Å². The standard InChI is InChI=1S/C25H26ClF3N4O/c1-15(2)22(24(34)33-11-9-17(10-12-33)16-3-6-19(26)7-4-16)32-23-20-13-18(25(27,28)29)5-8-21(20)30-14-31-23/h3-8,13-15,17,22H,9-12H2,1-2H3,(H,30,31,32)/t22-/m1/s1. The predicted molar refractivity (Wildman–Crippen MR) is 127 cm³/mol. The number of fused-ring (bicyclic) bond motifs is 1. The second-order valence-electron chi connectivity index (χ2n) is 8.97. The number of carbonyl (C=O) groups excluding carboxylic acids is 1. The molecule has 3 aromatic rings. The van der Waals surface area contributed by atoms with Crippen LogP contribution in [0, 0.1) is 5.92 Å². The first-order valence-electron chi connectivity index (χ1n) is 11.3. The number of hydrogen-bond acceptors (Lipinski definition) is 4. The molecule has 1 atom stereocenters. The van der Waals surface area contributed by atoms with Crippen LogP contribution in [0.2, 0.25) is 5.02 Å². The van der Waals surface area contributed by atoms with Gasteiger partial charge in [0.05, 0.1) is 11.1 Å². The summed E-state index contributed by atoms with van der Waals surface area (Å²) in [5.74, 6) is 0.401. The SMILES string of the molecule is CC(C)[C@@H](Nc1ncnc2ccc(C(F)(F)F)cc12)C(=O)N1CCC(c2ccc(Cl)cc2)CC1. The summed E-state index contributed by atoms with van der Waals surface area (Å²) in [7, 11) is 0. The van der Waals surface area contributed by atoms with Gasteiger partial charge in [-0.1, -0.05) is 37.6 Å². The molecule has 1 N–H and O–H groups in total. The van der Waals surface area contributed by atoms with Crippen molar-refractivity contribution in [2.75, 3.05) is 18.4 Å². The van der Waals surface area contributed by atoms with E-state index in [4.69, 9.17) is 11.6 Å². The fourth-order valence-corrected chi connectivity index (χ4v) is 4.50. The molecule has 1 aromatic heterocycles. The summed E-state index contributed by atoms with van der Waals surface area (Å²) >= 11 is 5.99. The number of hydrogen-bond donors (Lipinski definition) is 1. The first-order valence-corrected chi connectivity index (χ1v) is 11.6. The van der Waals surface area contributed by atoms with Crippen molar-refractivity contribution in [2.24, 2.45) is 5.92 Å². The van der Waals surface area contributed by atoms with Gasteiger partial charge in [-0.05, 0) is 60.6 Å². The number of alkyl halides is 3. The largest absolute Gasteiger partial charge is 0.416 e. The van der Waals surface area contributed by atoms with Gasteiger partial charge in [-0.2, -0.15) is 13.2 Å². The maximum absolute atomic E-state index is 13.4. The zero-order valence-corrected chi connectivity index (χ0v) is 19.7. The first kappa shape index (κ1) is 24.3. The molecule has 4 rings (SSSR count). The second-order valence-corrected chi connectivity index (χ2v) is 9.41. The molecule has 0 unspecified atom stereocenters. The number of aromatic nitrogens is 2. The van der Waals surface area contributed by atoms with E-state index < -0.39 is 17.8 Å². The lowest BCUT2D eigenvalue weighted by Gasteiger charge is -2.36. The van der Waals surface area contributed by atoms with E-state index in [0.717, 1.165) is 25.0 Å². The van der Waals surface area contributed by atoms with Crippen LogP contribution in [-0.4, -0.2) is 39.9 Å². The minimum atomic E-state index is -4.48. The highest BCUT2D eigenvalue weighted by Crippen LogP contribution is 2.33. The Balaban J connectivity index is 1.51. The molecule has 9 heteroatoms. The number of anilines is 1. The van der Waals surface area contributed by atoms with Gasteiger partial charge in [0, 0.05) is 23.5 Å². The molecule has 0 aliphatic carbocycles.